The maximum Gasteiger partial charge on any atom is 0.223 e. The van der Waals surface area contributed by atoms with E-state index in [1.165, 1.54) is 0 Å². The average molecular weight is 240 g/mol. The lowest BCUT2D eigenvalue weighted by Crippen LogP contribution is -2.22. The summed E-state index contributed by atoms with van der Waals surface area (Å²) >= 11 is 0. The number of nitrogens with two attached hydrogens (primary N) is 1. The molecule has 0 saturated carbocycles. The van der Waals surface area contributed by atoms with Gasteiger partial charge < -0.3 is 15.2 Å². The van der Waals surface area contributed by atoms with E-state index in [9.17, 15) is 0 Å². The molecule has 17 heavy (non-hydrogen) atoms. The molecular weight excluding hydrogens is 220 g/mol. The number of hydrogen-bond acceptors (Lipinski definition) is 4. The van der Waals surface area contributed by atoms with Gasteiger partial charge in [0.05, 0.1) is 12.3 Å². The summed E-state index contributed by atoms with van der Waals surface area (Å²) in [6.07, 6.45) is -0.108. The highest BCUT2D eigenvalue weighted by Crippen LogP contribution is 2.21. The van der Waals surface area contributed by atoms with Gasteiger partial charge in [0.2, 0.25) is 5.88 Å². The van der Waals surface area contributed by atoms with Gasteiger partial charge in [0.15, 0.2) is 0 Å². The molecule has 0 aliphatic rings. The molecule has 1 aromatic rings. The minimum absolute atomic E-state index is 0.0331. The zero-order chi connectivity index (χ0) is 13.0. The SMILES string of the molecule is CCOCC(C)Oc1c(C(=N)N)c(C)nn1C. The van der Waals surface area contributed by atoms with Crippen molar-refractivity contribution in [3.05, 3.63) is 11.3 Å². The van der Waals surface area contributed by atoms with Crippen LogP contribution in [0.4, 0.5) is 0 Å². The van der Waals surface area contributed by atoms with Gasteiger partial charge in [-0.2, -0.15) is 5.10 Å². The van der Waals surface area contributed by atoms with Crippen molar-refractivity contribution < 1.29 is 9.47 Å². The van der Waals surface area contributed by atoms with Crippen molar-refractivity contribution in [2.24, 2.45) is 12.8 Å². The quantitative estimate of drug-likeness (QED) is 0.569. The van der Waals surface area contributed by atoms with E-state index in [1.54, 1.807) is 18.7 Å². The van der Waals surface area contributed by atoms with Crippen LogP contribution in [0, 0.1) is 12.3 Å². The van der Waals surface area contributed by atoms with Gasteiger partial charge in [-0.3, -0.25) is 5.41 Å². The van der Waals surface area contributed by atoms with Crippen molar-refractivity contribution in [3.8, 4) is 5.88 Å². The van der Waals surface area contributed by atoms with E-state index < -0.39 is 0 Å². The Morgan fingerprint density at radius 3 is 2.76 bits per heavy atom. The predicted molar refractivity (Wildman–Crippen MR) is 65.5 cm³/mol. The summed E-state index contributed by atoms with van der Waals surface area (Å²) in [5, 5.41) is 11.7. The Labute approximate surface area is 101 Å². The first-order valence-corrected chi connectivity index (χ1v) is 5.59. The lowest BCUT2D eigenvalue weighted by Gasteiger charge is -2.15. The number of amidine groups is 1. The van der Waals surface area contributed by atoms with E-state index in [0.717, 1.165) is 0 Å². The fourth-order valence-corrected chi connectivity index (χ4v) is 1.59. The molecule has 0 radical (unpaired) electrons. The molecule has 0 aliphatic heterocycles. The van der Waals surface area contributed by atoms with Gasteiger partial charge in [0, 0.05) is 13.7 Å². The fourth-order valence-electron chi connectivity index (χ4n) is 1.59. The number of hydrogen-bond donors (Lipinski definition) is 2. The molecule has 0 bridgehead atoms. The van der Waals surface area contributed by atoms with Crippen LogP contribution in [0.1, 0.15) is 25.1 Å². The maximum absolute atomic E-state index is 7.53. The van der Waals surface area contributed by atoms with Crippen molar-refractivity contribution in [1.82, 2.24) is 9.78 Å². The fraction of sp³-hybridized carbons (Fsp3) is 0.636. The molecule has 3 N–H and O–H groups in total. The van der Waals surface area contributed by atoms with Crippen LogP contribution in [-0.2, 0) is 11.8 Å². The minimum Gasteiger partial charge on any atom is -0.472 e. The second-order valence-electron chi connectivity index (χ2n) is 3.89. The summed E-state index contributed by atoms with van der Waals surface area (Å²) in [6, 6.07) is 0. The second-order valence-corrected chi connectivity index (χ2v) is 3.89. The van der Waals surface area contributed by atoms with Crippen molar-refractivity contribution >= 4 is 5.84 Å². The van der Waals surface area contributed by atoms with Gasteiger partial charge in [0.1, 0.15) is 17.5 Å². The predicted octanol–water partition coefficient (Wildman–Crippen LogP) is 0.816. The van der Waals surface area contributed by atoms with Crippen LogP contribution in [0.5, 0.6) is 5.88 Å². The smallest absolute Gasteiger partial charge is 0.223 e. The van der Waals surface area contributed by atoms with Gasteiger partial charge >= 0.3 is 0 Å². The summed E-state index contributed by atoms with van der Waals surface area (Å²) in [4.78, 5) is 0. The summed E-state index contributed by atoms with van der Waals surface area (Å²) < 4.78 is 12.6. The first-order chi connectivity index (χ1) is 7.97. The number of nitrogens with one attached hydrogen (secondary N) is 1. The number of rotatable bonds is 6. The number of nitrogen functional groups attached to an aromatic ring is 1. The zero-order valence-corrected chi connectivity index (χ0v) is 10.8. The van der Waals surface area contributed by atoms with E-state index in [1.807, 2.05) is 13.8 Å². The molecule has 1 rings (SSSR count). The molecule has 0 aromatic carbocycles. The number of nitrogens with zero attached hydrogens (tertiary/aromatic N) is 2. The van der Waals surface area contributed by atoms with Crippen LogP contribution >= 0.6 is 0 Å². The molecule has 0 spiro atoms. The lowest BCUT2D eigenvalue weighted by molar-refractivity contribution is 0.0610. The third-order valence-electron chi connectivity index (χ3n) is 2.31. The highest BCUT2D eigenvalue weighted by molar-refractivity contribution is 5.98. The van der Waals surface area contributed by atoms with Crippen LogP contribution < -0.4 is 10.5 Å². The Kier molecular flexibility index (Phi) is 4.51. The van der Waals surface area contributed by atoms with Gasteiger partial charge in [-0.25, -0.2) is 4.68 Å². The molecule has 1 aromatic heterocycles. The standard InChI is InChI=1S/C11H20N4O2/c1-5-16-6-7(2)17-11-9(10(12)13)8(3)14-15(11)4/h7H,5-6H2,1-4H3,(H3,12,13). The van der Waals surface area contributed by atoms with Gasteiger partial charge in [-0.15, -0.1) is 0 Å². The number of aromatic nitrogens is 2. The Morgan fingerprint density at radius 2 is 2.24 bits per heavy atom. The Morgan fingerprint density at radius 1 is 1.59 bits per heavy atom. The first-order valence-electron chi connectivity index (χ1n) is 5.59. The van der Waals surface area contributed by atoms with Crippen molar-refractivity contribution in [2.75, 3.05) is 13.2 Å². The molecular formula is C11H20N4O2. The molecule has 1 unspecified atom stereocenters. The molecule has 6 nitrogen and oxygen atoms in total. The van der Waals surface area contributed by atoms with E-state index in [2.05, 4.69) is 5.10 Å². The molecule has 1 heterocycles. The monoisotopic (exact) mass is 240 g/mol. The van der Waals surface area contributed by atoms with Crippen LogP contribution in [0.25, 0.3) is 0 Å². The molecule has 0 amide bonds. The van der Waals surface area contributed by atoms with E-state index in [0.29, 0.717) is 30.4 Å². The van der Waals surface area contributed by atoms with Crippen molar-refractivity contribution in [2.45, 2.75) is 26.9 Å². The highest BCUT2D eigenvalue weighted by Gasteiger charge is 2.19. The van der Waals surface area contributed by atoms with Crippen LogP contribution in [0.2, 0.25) is 0 Å². The van der Waals surface area contributed by atoms with E-state index >= 15 is 0 Å². The molecule has 0 aliphatic carbocycles. The Bertz CT molecular complexity index is 400. The lowest BCUT2D eigenvalue weighted by atomic mass is 10.2. The Hall–Kier alpha value is -1.56. The van der Waals surface area contributed by atoms with Crippen LogP contribution in [-0.4, -0.2) is 34.9 Å². The normalized spacial score (nSPS) is 12.5. The van der Waals surface area contributed by atoms with Crippen LogP contribution in [0.3, 0.4) is 0 Å². The highest BCUT2D eigenvalue weighted by atomic mass is 16.5. The summed E-state index contributed by atoms with van der Waals surface area (Å²) in [6.45, 7) is 6.79. The minimum atomic E-state index is -0.108. The van der Waals surface area contributed by atoms with E-state index in [-0.39, 0.29) is 11.9 Å². The van der Waals surface area contributed by atoms with Gasteiger partial charge in [-0.05, 0) is 20.8 Å². The van der Waals surface area contributed by atoms with Gasteiger partial charge in [0.25, 0.3) is 0 Å². The zero-order valence-electron chi connectivity index (χ0n) is 10.8. The third kappa shape index (κ3) is 3.20. The van der Waals surface area contributed by atoms with E-state index in [4.69, 9.17) is 20.6 Å². The largest absolute Gasteiger partial charge is 0.472 e. The summed E-state index contributed by atoms with van der Waals surface area (Å²) in [5.41, 5.74) is 6.77. The first kappa shape index (κ1) is 13.5. The Balaban J connectivity index is 2.86. The second kappa shape index (κ2) is 5.67. The van der Waals surface area contributed by atoms with Crippen molar-refractivity contribution in [1.29, 1.82) is 5.41 Å². The average Bonchev–Trinajstić information content (AvgIpc) is 2.51. The molecule has 0 fully saturated rings. The molecule has 6 heteroatoms. The number of ether oxygens (including phenoxy) is 2. The van der Waals surface area contributed by atoms with Gasteiger partial charge in [-0.1, -0.05) is 0 Å². The van der Waals surface area contributed by atoms with Crippen molar-refractivity contribution in [3.63, 3.8) is 0 Å². The summed E-state index contributed by atoms with van der Waals surface area (Å²) in [7, 11) is 1.77. The maximum atomic E-state index is 7.53. The topological polar surface area (TPSA) is 86.2 Å². The molecule has 0 saturated heterocycles. The molecule has 96 valence electrons. The summed E-state index contributed by atoms with van der Waals surface area (Å²) in [5.74, 6) is 0.483. The number of aryl methyl sites for hydroxylation is 2. The molecule has 1 atom stereocenters. The van der Waals surface area contributed by atoms with Crippen LogP contribution in [0.15, 0.2) is 0 Å². The third-order valence-corrected chi connectivity index (χ3v) is 2.31.